The Kier molecular flexibility index (Phi) is 4.66. The second-order valence-corrected chi connectivity index (χ2v) is 4.48. The van der Waals surface area contributed by atoms with Crippen molar-refractivity contribution in [1.82, 2.24) is 4.90 Å². The van der Waals surface area contributed by atoms with Crippen molar-refractivity contribution in [3.8, 4) is 0 Å². The number of nitroso groups, excluding NO2 is 1. The summed E-state index contributed by atoms with van der Waals surface area (Å²) in [4.78, 5) is 14.9. The van der Waals surface area contributed by atoms with Crippen LogP contribution in [0.5, 0.6) is 0 Å². The fourth-order valence-corrected chi connectivity index (χ4v) is 2.01. The van der Waals surface area contributed by atoms with Crippen LogP contribution in [-0.2, 0) is 4.74 Å². The molecule has 98 valence electrons. The molecule has 1 aromatic rings. The van der Waals surface area contributed by atoms with Gasteiger partial charge in [-0.15, -0.1) is 4.91 Å². The lowest BCUT2D eigenvalue weighted by Crippen LogP contribution is -2.40. The van der Waals surface area contributed by atoms with Crippen molar-refractivity contribution in [3.05, 3.63) is 29.2 Å². The summed E-state index contributed by atoms with van der Waals surface area (Å²) >= 11 is 0. The minimum absolute atomic E-state index is 0.473. The summed E-state index contributed by atoms with van der Waals surface area (Å²) in [6.45, 7) is 5.71. The smallest absolute Gasteiger partial charge is 0.108 e. The first-order valence-corrected chi connectivity index (χ1v) is 6.24. The van der Waals surface area contributed by atoms with Gasteiger partial charge in [-0.05, 0) is 29.4 Å². The van der Waals surface area contributed by atoms with E-state index in [0.29, 0.717) is 5.69 Å². The van der Waals surface area contributed by atoms with E-state index in [0.717, 1.165) is 45.1 Å². The van der Waals surface area contributed by atoms with Gasteiger partial charge in [0.15, 0.2) is 0 Å². The summed E-state index contributed by atoms with van der Waals surface area (Å²) in [7, 11) is 2.06. The maximum absolute atomic E-state index is 10.3. The van der Waals surface area contributed by atoms with E-state index in [2.05, 4.69) is 22.0 Å². The van der Waals surface area contributed by atoms with Crippen LogP contribution in [0.15, 0.2) is 29.4 Å². The molecule has 0 N–H and O–H groups in total. The van der Waals surface area contributed by atoms with Crippen LogP contribution in [0.2, 0.25) is 0 Å². The molecule has 0 saturated carbocycles. The molecule has 0 bridgehead atoms. The molecule has 0 amide bonds. The summed E-state index contributed by atoms with van der Waals surface area (Å²) in [5, 5.41) is 2.90. The lowest BCUT2D eigenvalue weighted by molar-refractivity contribution is 0.0393. The molecular weight excluding hydrogens is 230 g/mol. The predicted octanol–water partition coefficient (Wildman–Crippen LogP) is 1.85. The van der Waals surface area contributed by atoms with Crippen molar-refractivity contribution in [2.45, 2.75) is 0 Å². The third kappa shape index (κ3) is 3.51. The number of hydrogen-bond acceptors (Lipinski definition) is 5. The highest BCUT2D eigenvalue weighted by atomic mass is 16.5. The van der Waals surface area contributed by atoms with Gasteiger partial charge in [0, 0.05) is 38.9 Å². The lowest BCUT2D eigenvalue weighted by Gasteiger charge is -2.29. The van der Waals surface area contributed by atoms with Crippen LogP contribution >= 0.6 is 0 Å². The van der Waals surface area contributed by atoms with Crippen molar-refractivity contribution >= 4 is 11.4 Å². The molecule has 0 radical (unpaired) electrons. The summed E-state index contributed by atoms with van der Waals surface area (Å²) in [5.41, 5.74) is 1.58. The normalized spacial score (nSPS) is 16.5. The van der Waals surface area contributed by atoms with Gasteiger partial charge in [-0.3, -0.25) is 4.90 Å². The Morgan fingerprint density at radius 2 is 1.94 bits per heavy atom. The van der Waals surface area contributed by atoms with Gasteiger partial charge in [-0.1, -0.05) is 0 Å². The molecule has 2 rings (SSSR count). The van der Waals surface area contributed by atoms with E-state index in [1.54, 1.807) is 12.1 Å². The van der Waals surface area contributed by atoms with Crippen LogP contribution < -0.4 is 4.90 Å². The summed E-state index contributed by atoms with van der Waals surface area (Å²) in [6, 6.07) is 7.34. The molecule has 5 nitrogen and oxygen atoms in total. The Morgan fingerprint density at radius 1 is 1.28 bits per heavy atom. The summed E-state index contributed by atoms with van der Waals surface area (Å²) < 4.78 is 5.32. The number of nitrogens with zero attached hydrogens (tertiary/aromatic N) is 3. The Morgan fingerprint density at radius 3 is 2.56 bits per heavy atom. The van der Waals surface area contributed by atoms with Crippen LogP contribution in [0, 0.1) is 4.91 Å². The molecule has 0 aliphatic carbocycles. The number of benzene rings is 1. The molecule has 1 saturated heterocycles. The Labute approximate surface area is 107 Å². The molecule has 1 fully saturated rings. The van der Waals surface area contributed by atoms with Crippen molar-refractivity contribution < 1.29 is 4.74 Å². The zero-order chi connectivity index (χ0) is 12.8. The van der Waals surface area contributed by atoms with E-state index >= 15 is 0 Å². The molecule has 0 spiro atoms. The molecule has 0 aromatic heterocycles. The predicted molar refractivity (Wildman–Crippen MR) is 72.4 cm³/mol. The SMILES string of the molecule is CN(CCN1CCOCC1)c1ccc(N=O)cc1. The van der Waals surface area contributed by atoms with Gasteiger partial charge in [0.1, 0.15) is 5.69 Å². The fourth-order valence-electron chi connectivity index (χ4n) is 2.01. The highest BCUT2D eigenvalue weighted by molar-refractivity contribution is 5.52. The first-order chi connectivity index (χ1) is 8.79. The van der Waals surface area contributed by atoms with Gasteiger partial charge in [0.2, 0.25) is 0 Å². The largest absolute Gasteiger partial charge is 0.379 e. The average Bonchev–Trinajstić information content (AvgIpc) is 2.46. The lowest BCUT2D eigenvalue weighted by atomic mass is 10.2. The van der Waals surface area contributed by atoms with Gasteiger partial charge in [0.25, 0.3) is 0 Å². The number of morpholine rings is 1. The molecule has 1 aliphatic rings. The maximum atomic E-state index is 10.3. The minimum atomic E-state index is 0.473. The third-order valence-electron chi connectivity index (χ3n) is 3.25. The standard InChI is InChI=1S/C13H19N3O2/c1-15(6-7-16-8-10-18-11-9-16)13-4-2-12(14-17)3-5-13/h2-5H,6-11H2,1H3. The molecule has 0 unspecified atom stereocenters. The van der Waals surface area contributed by atoms with Gasteiger partial charge in [0.05, 0.1) is 13.2 Å². The van der Waals surface area contributed by atoms with Crippen molar-refractivity contribution in [2.24, 2.45) is 5.18 Å². The van der Waals surface area contributed by atoms with Crippen LogP contribution in [-0.4, -0.2) is 51.3 Å². The fraction of sp³-hybridized carbons (Fsp3) is 0.538. The molecular formula is C13H19N3O2. The Bertz CT molecular complexity index is 374. The van der Waals surface area contributed by atoms with E-state index in [1.807, 2.05) is 12.1 Å². The van der Waals surface area contributed by atoms with E-state index in [-0.39, 0.29) is 0 Å². The van der Waals surface area contributed by atoms with Crippen LogP contribution in [0.3, 0.4) is 0 Å². The third-order valence-corrected chi connectivity index (χ3v) is 3.25. The highest BCUT2D eigenvalue weighted by Gasteiger charge is 2.10. The molecule has 0 atom stereocenters. The second-order valence-electron chi connectivity index (χ2n) is 4.48. The zero-order valence-electron chi connectivity index (χ0n) is 10.7. The van der Waals surface area contributed by atoms with E-state index in [4.69, 9.17) is 4.74 Å². The number of likely N-dealkylation sites (N-methyl/N-ethyl adjacent to an activating group) is 1. The first-order valence-electron chi connectivity index (χ1n) is 6.24. The maximum Gasteiger partial charge on any atom is 0.108 e. The van der Waals surface area contributed by atoms with Crippen LogP contribution in [0.1, 0.15) is 0 Å². The van der Waals surface area contributed by atoms with Crippen molar-refractivity contribution in [2.75, 3.05) is 51.3 Å². The van der Waals surface area contributed by atoms with Gasteiger partial charge in [-0.25, -0.2) is 0 Å². The summed E-state index contributed by atoms with van der Waals surface area (Å²) in [5.74, 6) is 0. The average molecular weight is 249 g/mol. The van der Waals surface area contributed by atoms with E-state index in [1.165, 1.54) is 0 Å². The monoisotopic (exact) mass is 249 g/mol. The topological polar surface area (TPSA) is 45.1 Å². The van der Waals surface area contributed by atoms with Gasteiger partial charge in [-0.2, -0.15) is 0 Å². The van der Waals surface area contributed by atoms with Gasteiger partial charge < -0.3 is 9.64 Å². The number of hydrogen-bond donors (Lipinski definition) is 0. The minimum Gasteiger partial charge on any atom is -0.379 e. The Balaban J connectivity index is 1.82. The van der Waals surface area contributed by atoms with E-state index in [9.17, 15) is 4.91 Å². The molecule has 1 heterocycles. The molecule has 18 heavy (non-hydrogen) atoms. The van der Waals surface area contributed by atoms with Crippen molar-refractivity contribution in [3.63, 3.8) is 0 Å². The molecule has 5 heteroatoms. The number of ether oxygens (including phenoxy) is 1. The zero-order valence-corrected chi connectivity index (χ0v) is 10.7. The quantitative estimate of drug-likeness (QED) is 0.747. The summed E-state index contributed by atoms with van der Waals surface area (Å²) in [6.07, 6.45) is 0. The second kappa shape index (κ2) is 6.47. The van der Waals surface area contributed by atoms with E-state index < -0.39 is 0 Å². The van der Waals surface area contributed by atoms with Gasteiger partial charge >= 0.3 is 0 Å². The molecule has 1 aromatic carbocycles. The Hall–Kier alpha value is -1.46. The van der Waals surface area contributed by atoms with Crippen LogP contribution in [0.4, 0.5) is 11.4 Å². The first kappa shape index (κ1) is 13.0. The highest BCUT2D eigenvalue weighted by Crippen LogP contribution is 2.18. The molecule has 1 aliphatic heterocycles. The van der Waals surface area contributed by atoms with Crippen LogP contribution in [0.25, 0.3) is 0 Å². The number of rotatable bonds is 5. The number of anilines is 1. The van der Waals surface area contributed by atoms with Crippen molar-refractivity contribution in [1.29, 1.82) is 0 Å².